The van der Waals surface area contributed by atoms with E-state index in [9.17, 15) is 14.7 Å². The molecule has 0 aromatic carbocycles. The van der Waals surface area contributed by atoms with Crippen molar-refractivity contribution in [3.63, 3.8) is 0 Å². The summed E-state index contributed by atoms with van der Waals surface area (Å²) in [5.41, 5.74) is -1.06. The van der Waals surface area contributed by atoms with Gasteiger partial charge in [-0.3, -0.25) is 0 Å². The summed E-state index contributed by atoms with van der Waals surface area (Å²) < 4.78 is 0. The van der Waals surface area contributed by atoms with Gasteiger partial charge in [0, 0.05) is 6.54 Å². The van der Waals surface area contributed by atoms with Crippen molar-refractivity contribution in [3.8, 4) is 0 Å². The smallest absolute Gasteiger partial charge is 0.329 e. The van der Waals surface area contributed by atoms with Gasteiger partial charge in [0.25, 0.3) is 0 Å². The third-order valence-corrected chi connectivity index (χ3v) is 4.41. The Morgan fingerprint density at radius 2 is 1.95 bits per heavy atom. The third kappa shape index (κ3) is 5.30. The van der Waals surface area contributed by atoms with E-state index < -0.39 is 11.5 Å². The summed E-state index contributed by atoms with van der Waals surface area (Å²) >= 11 is 1.83. The van der Waals surface area contributed by atoms with Crippen LogP contribution < -0.4 is 10.6 Å². The molecule has 1 fully saturated rings. The molecule has 2 amide bonds. The number of carbonyl (C=O) groups excluding carboxylic acids is 1. The number of urea groups is 1. The lowest BCUT2D eigenvalue weighted by Gasteiger charge is -2.33. The van der Waals surface area contributed by atoms with Crippen LogP contribution in [0.2, 0.25) is 0 Å². The SMILES string of the molecule is CCSCCCNC(=O)NC1(C(=O)O)CCCCC1. The van der Waals surface area contributed by atoms with Gasteiger partial charge in [0.15, 0.2) is 0 Å². The number of carboxylic acids is 1. The zero-order valence-corrected chi connectivity index (χ0v) is 12.4. The van der Waals surface area contributed by atoms with E-state index in [-0.39, 0.29) is 6.03 Å². The fraction of sp³-hybridized carbons (Fsp3) is 0.846. The molecule has 0 heterocycles. The average molecular weight is 288 g/mol. The molecule has 0 aromatic rings. The molecule has 19 heavy (non-hydrogen) atoms. The third-order valence-electron chi connectivity index (χ3n) is 3.42. The number of hydrogen-bond donors (Lipinski definition) is 3. The van der Waals surface area contributed by atoms with Gasteiger partial charge in [-0.2, -0.15) is 11.8 Å². The van der Waals surface area contributed by atoms with Crippen LogP contribution in [-0.2, 0) is 4.79 Å². The maximum atomic E-state index is 11.8. The standard InChI is InChI=1S/C13H24N2O3S/c1-2-19-10-6-9-14-12(18)15-13(11(16)17)7-4-3-5-8-13/h2-10H2,1H3,(H,16,17)(H2,14,15,18). The van der Waals surface area contributed by atoms with Crippen LogP contribution in [0.25, 0.3) is 0 Å². The van der Waals surface area contributed by atoms with Crippen LogP contribution in [0.1, 0.15) is 45.4 Å². The first-order valence-electron chi connectivity index (χ1n) is 6.98. The number of carboxylic acid groups (broad SMARTS) is 1. The first-order chi connectivity index (χ1) is 9.10. The van der Waals surface area contributed by atoms with E-state index in [1.807, 2.05) is 11.8 Å². The monoisotopic (exact) mass is 288 g/mol. The Labute approximate surface area is 118 Å². The number of thioether (sulfide) groups is 1. The maximum Gasteiger partial charge on any atom is 0.329 e. The molecule has 0 aliphatic heterocycles. The highest BCUT2D eigenvalue weighted by Crippen LogP contribution is 2.28. The van der Waals surface area contributed by atoms with E-state index in [4.69, 9.17) is 0 Å². The molecule has 0 unspecified atom stereocenters. The van der Waals surface area contributed by atoms with E-state index in [1.165, 1.54) is 0 Å². The van der Waals surface area contributed by atoms with Crippen LogP contribution in [0.3, 0.4) is 0 Å². The molecular weight excluding hydrogens is 264 g/mol. The Balaban J connectivity index is 2.33. The van der Waals surface area contributed by atoms with Crippen molar-refractivity contribution < 1.29 is 14.7 Å². The van der Waals surface area contributed by atoms with Crippen LogP contribution >= 0.6 is 11.8 Å². The minimum absolute atomic E-state index is 0.356. The second kappa shape index (κ2) is 8.30. The highest BCUT2D eigenvalue weighted by molar-refractivity contribution is 7.99. The summed E-state index contributed by atoms with van der Waals surface area (Å²) in [5.74, 6) is 1.18. The molecule has 1 saturated carbocycles. The molecule has 0 atom stereocenters. The number of aliphatic carboxylic acids is 1. The van der Waals surface area contributed by atoms with Gasteiger partial charge in [-0.05, 0) is 30.8 Å². The lowest BCUT2D eigenvalue weighted by atomic mass is 9.82. The zero-order chi connectivity index (χ0) is 14.1. The fourth-order valence-corrected chi connectivity index (χ4v) is 2.97. The summed E-state index contributed by atoms with van der Waals surface area (Å²) in [5, 5.41) is 14.7. The van der Waals surface area contributed by atoms with Gasteiger partial charge < -0.3 is 15.7 Å². The molecule has 1 aliphatic carbocycles. The summed E-state index contributed by atoms with van der Waals surface area (Å²) in [6.07, 6.45) is 4.74. The van der Waals surface area contributed by atoms with Crippen molar-refractivity contribution in [2.45, 2.75) is 51.0 Å². The molecule has 0 radical (unpaired) electrons. The van der Waals surface area contributed by atoms with Crippen molar-refractivity contribution in [1.29, 1.82) is 0 Å². The van der Waals surface area contributed by atoms with Gasteiger partial charge in [-0.1, -0.05) is 26.2 Å². The number of carbonyl (C=O) groups is 2. The van der Waals surface area contributed by atoms with E-state index >= 15 is 0 Å². The number of hydrogen-bond acceptors (Lipinski definition) is 3. The topological polar surface area (TPSA) is 78.4 Å². The molecule has 0 bridgehead atoms. The molecule has 0 aromatic heterocycles. The Bertz CT molecular complexity index is 304. The lowest BCUT2D eigenvalue weighted by Crippen LogP contribution is -2.58. The van der Waals surface area contributed by atoms with E-state index in [1.54, 1.807) is 0 Å². The van der Waals surface area contributed by atoms with Crippen molar-refractivity contribution >= 4 is 23.8 Å². The van der Waals surface area contributed by atoms with Crippen LogP contribution in [-0.4, -0.2) is 40.7 Å². The number of rotatable bonds is 7. The van der Waals surface area contributed by atoms with Crippen molar-refractivity contribution in [1.82, 2.24) is 10.6 Å². The molecule has 0 spiro atoms. The van der Waals surface area contributed by atoms with Gasteiger partial charge in [0.1, 0.15) is 5.54 Å². The van der Waals surface area contributed by atoms with Crippen LogP contribution in [0.4, 0.5) is 4.79 Å². The molecule has 110 valence electrons. The fourth-order valence-electron chi connectivity index (χ4n) is 2.33. The van der Waals surface area contributed by atoms with Gasteiger partial charge in [-0.15, -0.1) is 0 Å². The van der Waals surface area contributed by atoms with Crippen LogP contribution in [0, 0.1) is 0 Å². The quantitative estimate of drug-likeness (QED) is 0.628. The van der Waals surface area contributed by atoms with Crippen molar-refractivity contribution in [3.05, 3.63) is 0 Å². The first kappa shape index (κ1) is 16.1. The maximum absolute atomic E-state index is 11.8. The predicted molar refractivity (Wildman–Crippen MR) is 77.6 cm³/mol. The Morgan fingerprint density at radius 3 is 2.53 bits per heavy atom. The van der Waals surface area contributed by atoms with E-state index in [2.05, 4.69) is 17.6 Å². The highest BCUT2D eigenvalue weighted by atomic mass is 32.2. The molecule has 0 saturated heterocycles. The Morgan fingerprint density at radius 1 is 1.26 bits per heavy atom. The summed E-state index contributed by atoms with van der Waals surface area (Å²) in [7, 11) is 0. The molecule has 6 heteroatoms. The minimum Gasteiger partial charge on any atom is -0.480 e. The lowest BCUT2D eigenvalue weighted by molar-refractivity contribution is -0.145. The summed E-state index contributed by atoms with van der Waals surface area (Å²) in [4.78, 5) is 23.1. The number of amides is 2. The molecule has 3 N–H and O–H groups in total. The van der Waals surface area contributed by atoms with Gasteiger partial charge in [-0.25, -0.2) is 9.59 Å². The number of nitrogens with one attached hydrogen (secondary N) is 2. The normalized spacial score (nSPS) is 17.7. The Kier molecular flexibility index (Phi) is 7.05. The largest absolute Gasteiger partial charge is 0.480 e. The zero-order valence-electron chi connectivity index (χ0n) is 11.5. The first-order valence-corrected chi connectivity index (χ1v) is 8.13. The highest BCUT2D eigenvalue weighted by Gasteiger charge is 2.40. The Hall–Kier alpha value is -0.910. The second-order valence-electron chi connectivity index (χ2n) is 4.88. The summed E-state index contributed by atoms with van der Waals surface area (Å²) in [6.45, 7) is 2.69. The summed E-state index contributed by atoms with van der Waals surface area (Å²) in [6, 6.07) is -0.356. The molecule has 1 aliphatic rings. The van der Waals surface area contributed by atoms with Crippen molar-refractivity contribution in [2.24, 2.45) is 0 Å². The van der Waals surface area contributed by atoms with E-state index in [0.717, 1.165) is 37.2 Å². The van der Waals surface area contributed by atoms with Crippen molar-refractivity contribution in [2.75, 3.05) is 18.1 Å². The molecule has 1 rings (SSSR count). The molecular formula is C13H24N2O3S. The minimum atomic E-state index is -1.06. The van der Waals surface area contributed by atoms with Crippen LogP contribution in [0.15, 0.2) is 0 Å². The van der Waals surface area contributed by atoms with E-state index in [0.29, 0.717) is 19.4 Å². The van der Waals surface area contributed by atoms with Crippen LogP contribution in [0.5, 0.6) is 0 Å². The van der Waals surface area contributed by atoms with Gasteiger partial charge >= 0.3 is 12.0 Å². The average Bonchev–Trinajstić information content (AvgIpc) is 2.39. The van der Waals surface area contributed by atoms with Gasteiger partial charge in [0.2, 0.25) is 0 Å². The predicted octanol–water partition coefficient (Wildman–Crippen LogP) is 2.22. The second-order valence-corrected chi connectivity index (χ2v) is 6.27. The molecule has 5 nitrogen and oxygen atoms in total. The van der Waals surface area contributed by atoms with Gasteiger partial charge in [0.05, 0.1) is 0 Å².